The number of alkyl halides is 2. The molecule has 1 saturated carbocycles. The molecule has 6 heteroatoms. The Hall–Kier alpha value is -1.98. The molecule has 0 saturated heterocycles. The van der Waals surface area contributed by atoms with Gasteiger partial charge in [0.2, 0.25) is 5.91 Å². The zero-order valence-corrected chi connectivity index (χ0v) is 10.7. The first-order valence-electron chi connectivity index (χ1n) is 6.57. The Balaban J connectivity index is 2.04. The topological polar surface area (TPSA) is 49.4 Å². The Morgan fingerprint density at radius 3 is 2.60 bits per heavy atom. The molecule has 1 aromatic rings. The second-order valence-electron chi connectivity index (χ2n) is 5.15. The molecule has 0 aromatic heterocycles. The first-order chi connectivity index (χ1) is 9.58. The Labute approximate surface area is 114 Å². The molecule has 4 nitrogen and oxygen atoms in total. The summed E-state index contributed by atoms with van der Waals surface area (Å²) in [5.74, 6) is -0.741. The van der Waals surface area contributed by atoms with Crippen LogP contribution in [0.15, 0.2) is 24.3 Å². The summed E-state index contributed by atoms with van der Waals surface area (Å²) in [6.07, 6.45) is -0.953. The SMILES string of the molecule is O=C1NC(C2CC2)C(=O)N(CC(F)F)c2ccccc21. The number of rotatable bonds is 3. The third-order valence-electron chi connectivity index (χ3n) is 3.67. The van der Waals surface area contributed by atoms with E-state index in [0.29, 0.717) is 0 Å². The fraction of sp³-hybridized carbons (Fsp3) is 0.429. The average molecular weight is 280 g/mol. The number of halogens is 2. The molecule has 3 rings (SSSR count). The third-order valence-corrected chi connectivity index (χ3v) is 3.67. The summed E-state index contributed by atoms with van der Waals surface area (Å²) >= 11 is 0. The predicted octanol–water partition coefficient (Wildman–Crippen LogP) is 1.81. The van der Waals surface area contributed by atoms with Gasteiger partial charge < -0.3 is 10.2 Å². The lowest BCUT2D eigenvalue weighted by molar-refractivity contribution is -0.121. The van der Waals surface area contributed by atoms with Crippen LogP contribution in [0.2, 0.25) is 0 Å². The number of nitrogens with zero attached hydrogens (tertiary/aromatic N) is 1. The van der Waals surface area contributed by atoms with Crippen molar-refractivity contribution in [2.45, 2.75) is 25.3 Å². The van der Waals surface area contributed by atoms with Gasteiger partial charge in [0.25, 0.3) is 12.3 Å². The van der Waals surface area contributed by atoms with Gasteiger partial charge in [0, 0.05) is 0 Å². The molecule has 1 fully saturated rings. The molecule has 106 valence electrons. The molecular weight excluding hydrogens is 266 g/mol. The van der Waals surface area contributed by atoms with Gasteiger partial charge in [-0.25, -0.2) is 8.78 Å². The molecule has 1 unspecified atom stereocenters. The molecular formula is C14H14F2N2O2. The van der Waals surface area contributed by atoms with E-state index in [0.717, 1.165) is 17.7 Å². The quantitative estimate of drug-likeness (QED) is 0.918. The molecule has 1 N–H and O–H groups in total. The molecule has 0 radical (unpaired) electrons. The minimum Gasteiger partial charge on any atom is -0.340 e. The summed E-state index contributed by atoms with van der Waals surface area (Å²) in [6.45, 7) is -0.686. The normalized spacial score (nSPS) is 22.6. The van der Waals surface area contributed by atoms with Gasteiger partial charge in [0.15, 0.2) is 0 Å². The van der Waals surface area contributed by atoms with Crippen molar-refractivity contribution < 1.29 is 18.4 Å². The summed E-state index contributed by atoms with van der Waals surface area (Å²) in [6, 6.07) is 5.68. The van der Waals surface area contributed by atoms with Crippen molar-refractivity contribution in [3.63, 3.8) is 0 Å². The fourth-order valence-electron chi connectivity index (χ4n) is 2.54. The second kappa shape index (κ2) is 4.85. The summed E-state index contributed by atoms with van der Waals surface area (Å²) in [7, 11) is 0. The van der Waals surface area contributed by atoms with Crippen LogP contribution in [-0.2, 0) is 4.79 Å². The molecule has 2 amide bonds. The van der Waals surface area contributed by atoms with Gasteiger partial charge >= 0.3 is 0 Å². The van der Waals surface area contributed by atoms with Crippen molar-refractivity contribution in [1.29, 1.82) is 0 Å². The van der Waals surface area contributed by atoms with E-state index in [1.807, 2.05) is 0 Å². The Morgan fingerprint density at radius 2 is 1.95 bits per heavy atom. The molecule has 2 aliphatic rings. The number of nitrogens with one attached hydrogen (secondary N) is 1. The highest BCUT2D eigenvalue weighted by Gasteiger charge is 2.43. The zero-order valence-electron chi connectivity index (χ0n) is 10.7. The van der Waals surface area contributed by atoms with Crippen molar-refractivity contribution in [2.75, 3.05) is 11.4 Å². The smallest absolute Gasteiger partial charge is 0.256 e. The van der Waals surface area contributed by atoms with Crippen molar-refractivity contribution >= 4 is 17.5 Å². The van der Waals surface area contributed by atoms with Crippen LogP contribution < -0.4 is 10.2 Å². The van der Waals surface area contributed by atoms with Crippen LogP contribution in [0.1, 0.15) is 23.2 Å². The van der Waals surface area contributed by atoms with Crippen LogP contribution >= 0.6 is 0 Å². The monoisotopic (exact) mass is 280 g/mol. The van der Waals surface area contributed by atoms with E-state index in [4.69, 9.17) is 0 Å². The lowest BCUT2D eigenvalue weighted by Crippen LogP contribution is -2.48. The van der Waals surface area contributed by atoms with Crippen LogP contribution in [0.5, 0.6) is 0 Å². The Kier molecular flexibility index (Phi) is 3.16. The molecule has 20 heavy (non-hydrogen) atoms. The third kappa shape index (κ3) is 2.26. The van der Waals surface area contributed by atoms with Gasteiger partial charge in [-0.15, -0.1) is 0 Å². The number of hydrogen-bond donors (Lipinski definition) is 1. The van der Waals surface area contributed by atoms with Gasteiger partial charge in [-0.1, -0.05) is 12.1 Å². The molecule has 1 aliphatic carbocycles. The highest BCUT2D eigenvalue weighted by Crippen LogP contribution is 2.36. The fourth-order valence-corrected chi connectivity index (χ4v) is 2.54. The van der Waals surface area contributed by atoms with Crippen LogP contribution in [-0.4, -0.2) is 30.8 Å². The molecule has 1 heterocycles. The summed E-state index contributed by atoms with van der Waals surface area (Å²) in [5, 5.41) is 2.67. The molecule has 1 atom stereocenters. The van der Waals surface area contributed by atoms with Crippen molar-refractivity contribution in [1.82, 2.24) is 5.32 Å². The van der Waals surface area contributed by atoms with Crippen LogP contribution in [0.4, 0.5) is 14.5 Å². The zero-order chi connectivity index (χ0) is 14.3. The summed E-state index contributed by atoms with van der Waals surface area (Å²) in [4.78, 5) is 25.6. The largest absolute Gasteiger partial charge is 0.340 e. The van der Waals surface area contributed by atoms with E-state index in [-0.39, 0.29) is 23.1 Å². The van der Waals surface area contributed by atoms with Crippen LogP contribution in [0, 0.1) is 5.92 Å². The van der Waals surface area contributed by atoms with Crippen LogP contribution in [0.3, 0.4) is 0 Å². The summed E-state index contributed by atoms with van der Waals surface area (Å²) in [5.41, 5.74) is 0.531. The van der Waals surface area contributed by atoms with Crippen molar-refractivity contribution in [2.24, 2.45) is 5.92 Å². The lowest BCUT2D eigenvalue weighted by atomic mass is 10.1. The van der Waals surface area contributed by atoms with E-state index in [9.17, 15) is 18.4 Å². The molecule has 0 bridgehead atoms. The lowest BCUT2D eigenvalue weighted by Gasteiger charge is -2.24. The maximum Gasteiger partial charge on any atom is 0.256 e. The van der Waals surface area contributed by atoms with Crippen molar-refractivity contribution in [3.05, 3.63) is 29.8 Å². The number of carbonyl (C=O) groups is 2. The van der Waals surface area contributed by atoms with Crippen molar-refractivity contribution in [3.8, 4) is 0 Å². The van der Waals surface area contributed by atoms with E-state index in [1.54, 1.807) is 18.2 Å². The standard InChI is InChI=1S/C14H14F2N2O2/c15-11(16)7-18-10-4-2-1-3-9(10)13(19)17-12(14(18)20)8-5-6-8/h1-4,8,11-12H,5-7H2,(H,17,19). The first-order valence-corrected chi connectivity index (χ1v) is 6.57. The number of hydrogen-bond acceptors (Lipinski definition) is 2. The average Bonchev–Trinajstić information content (AvgIpc) is 3.25. The number of fused-ring (bicyclic) bond motifs is 1. The maximum atomic E-state index is 12.8. The minimum atomic E-state index is -2.64. The van der Waals surface area contributed by atoms with Gasteiger partial charge in [-0.2, -0.15) is 0 Å². The number of benzene rings is 1. The summed E-state index contributed by atoms with van der Waals surface area (Å²) < 4.78 is 25.5. The van der Waals surface area contributed by atoms with Crippen LogP contribution in [0.25, 0.3) is 0 Å². The number of carbonyl (C=O) groups excluding carboxylic acids is 2. The highest BCUT2D eigenvalue weighted by molar-refractivity contribution is 6.11. The van der Waals surface area contributed by atoms with Gasteiger partial charge in [0.1, 0.15) is 6.04 Å². The Morgan fingerprint density at radius 1 is 1.25 bits per heavy atom. The first kappa shape index (κ1) is 13.0. The van der Waals surface area contributed by atoms with E-state index in [2.05, 4.69) is 5.32 Å². The van der Waals surface area contributed by atoms with E-state index < -0.39 is 24.9 Å². The second-order valence-corrected chi connectivity index (χ2v) is 5.15. The molecule has 1 aromatic carbocycles. The number of amides is 2. The molecule has 0 spiro atoms. The number of para-hydroxylation sites is 1. The van der Waals surface area contributed by atoms with Gasteiger partial charge in [-0.05, 0) is 30.9 Å². The van der Waals surface area contributed by atoms with Gasteiger partial charge in [0.05, 0.1) is 17.8 Å². The highest BCUT2D eigenvalue weighted by atomic mass is 19.3. The molecule has 1 aliphatic heterocycles. The minimum absolute atomic E-state index is 0.0703. The van der Waals surface area contributed by atoms with E-state index in [1.165, 1.54) is 6.07 Å². The maximum absolute atomic E-state index is 12.8. The van der Waals surface area contributed by atoms with Gasteiger partial charge in [-0.3, -0.25) is 9.59 Å². The number of anilines is 1. The predicted molar refractivity (Wildman–Crippen MR) is 68.8 cm³/mol. The Bertz CT molecular complexity index is 558. The van der Waals surface area contributed by atoms with E-state index >= 15 is 0 Å².